The van der Waals surface area contributed by atoms with Crippen molar-refractivity contribution in [2.24, 2.45) is 5.10 Å². The minimum atomic E-state index is -0.723. The summed E-state index contributed by atoms with van der Waals surface area (Å²) < 4.78 is 5.18. The quantitative estimate of drug-likeness (QED) is 0.371. The average Bonchev–Trinajstić information content (AvgIpc) is 2.63. The minimum absolute atomic E-state index is 0.0142. The third kappa shape index (κ3) is 5.70. The van der Waals surface area contributed by atoms with Gasteiger partial charge in [0.15, 0.2) is 5.75 Å². The molecular formula is C18H20N4O5. The molecule has 0 spiro atoms. The first-order chi connectivity index (χ1) is 12.9. The number of benzene rings is 2. The second kappa shape index (κ2) is 9.18. The predicted molar refractivity (Wildman–Crippen MR) is 101 cm³/mol. The first kappa shape index (κ1) is 19.7. The predicted octanol–water partition coefficient (Wildman–Crippen LogP) is 2.57. The zero-order chi connectivity index (χ0) is 19.8. The van der Waals surface area contributed by atoms with Crippen LogP contribution in [0.15, 0.2) is 41.5 Å². The van der Waals surface area contributed by atoms with Gasteiger partial charge in [0.05, 0.1) is 24.3 Å². The fraction of sp³-hybridized carbons (Fsp3) is 0.222. The number of rotatable bonds is 8. The van der Waals surface area contributed by atoms with Crippen molar-refractivity contribution in [3.05, 3.63) is 57.6 Å². The first-order valence-corrected chi connectivity index (χ1v) is 8.17. The van der Waals surface area contributed by atoms with Crippen LogP contribution >= 0.6 is 0 Å². The van der Waals surface area contributed by atoms with Gasteiger partial charge < -0.3 is 15.2 Å². The van der Waals surface area contributed by atoms with Gasteiger partial charge >= 0.3 is 5.69 Å². The highest BCUT2D eigenvalue weighted by Crippen LogP contribution is 2.36. The molecule has 2 rings (SSSR count). The summed E-state index contributed by atoms with van der Waals surface area (Å²) in [4.78, 5) is 22.1. The Morgan fingerprint density at radius 3 is 2.67 bits per heavy atom. The van der Waals surface area contributed by atoms with E-state index < -0.39 is 16.4 Å². The molecule has 1 amide bonds. The highest BCUT2D eigenvalue weighted by atomic mass is 16.6. The molecular weight excluding hydrogens is 352 g/mol. The number of carbonyl (C=O) groups is 1. The molecule has 0 saturated heterocycles. The Hall–Kier alpha value is -3.62. The Bertz CT molecular complexity index is 850. The summed E-state index contributed by atoms with van der Waals surface area (Å²) in [5, 5.41) is 27.6. The van der Waals surface area contributed by atoms with Crippen LogP contribution < -0.4 is 15.5 Å². The molecule has 0 aliphatic rings. The molecule has 0 fully saturated rings. The molecule has 142 valence electrons. The summed E-state index contributed by atoms with van der Waals surface area (Å²) in [5.74, 6) is -0.962. The largest absolute Gasteiger partial charge is 0.500 e. The molecule has 0 saturated carbocycles. The van der Waals surface area contributed by atoms with Crippen LogP contribution in [0.1, 0.15) is 18.1 Å². The maximum atomic E-state index is 11.8. The van der Waals surface area contributed by atoms with Gasteiger partial charge in [-0.3, -0.25) is 14.9 Å². The van der Waals surface area contributed by atoms with Crippen molar-refractivity contribution in [1.82, 2.24) is 5.43 Å². The third-order valence-corrected chi connectivity index (χ3v) is 3.48. The van der Waals surface area contributed by atoms with Crippen LogP contribution in [-0.4, -0.2) is 35.3 Å². The van der Waals surface area contributed by atoms with Gasteiger partial charge in [0.2, 0.25) is 5.75 Å². The summed E-state index contributed by atoms with van der Waals surface area (Å²) in [6.07, 6.45) is 1.23. The fourth-order valence-corrected chi connectivity index (χ4v) is 2.17. The number of nitrogens with one attached hydrogen (secondary N) is 2. The lowest BCUT2D eigenvalue weighted by Crippen LogP contribution is -2.25. The standard InChI is InChI=1S/C18H20N4O5/c1-3-27-16-9-13(8-15(18(16)24)22(25)26)10-20-21-17(23)11-19-14-6-4-12(2)5-7-14/h4-10,19,24H,3,11H2,1-2H3,(H,21,23)/b20-10+. The van der Waals surface area contributed by atoms with Gasteiger partial charge in [-0.15, -0.1) is 0 Å². The number of nitro benzene ring substituents is 1. The van der Waals surface area contributed by atoms with Gasteiger partial charge in [-0.05, 0) is 32.0 Å². The van der Waals surface area contributed by atoms with E-state index in [0.29, 0.717) is 5.56 Å². The highest BCUT2D eigenvalue weighted by molar-refractivity contribution is 5.86. The summed E-state index contributed by atoms with van der Waals surface area (Å²) in [6, 6.07) is 10.1. The Balaban J connectivity index is 1.99. The van der Waals surface area contributed by atoms with E-state index >= 15 is 0 Å². The topological polar surface area (TPSA) is 126 Å². The SMILES string of the molecule is CCOc1cc(/C=N/NC(=O)CNc2ccc(C)cc2)cc([N+](=O)[O-])c1O. The molecule has 2 aromatic rings. The number of nitrogens with zero attached hydrogens (tertiary/aromatic N) is 2. The molecule has 9 heteroatoms. The van der Waals surface area contributed by atoms with Crippen LogP contribution in [0.4, 0.5) is 11.4 Å². The minimum Gasteiger partial charge on any atom is -0.500 e. The molecule has 0 aliphatic carbocycles. The average molecular weight is 372 g/mol. The number of ether oxygens (including phenoxy) is 1. The number of aryl methyl sites for hydroxylation is 1. The first-order valence-electron chi connectivity index (χ1n) is 8.17. The van der Waals surface area contributed by atoms with Gasteiger partial charge in [-0.2, -0.15) is 5.10 Å². The lowest BCUT2D eigenvalue weighted by Gasteiger charge is -2.07. The molecule has 0 radical (unpaired) electrons. The zero-order valence-electron chi connectivity index (χ0n) is 14.9. The van der Waals surface area contributed by atoms with E-state index in [-0.39, 0.29) is 24.8 Å². The van der Waals surface area contributed by atoms with E-state index in [9.17, 15) is 20.0 Å². The van der Waals surface area contributed by atoms with Gasteiger partial charge in [0, 0.05) is 17.3 Å². The molecule has 0 bridgehead atoms. The van der Waals surface area contributed by atoms with Crippen LogP contribution in [0.3, 0.4) is 0 Å². The number of phenols is 1. The Labute approximate surface area is 155 Å². The lowest BCUT2D eigenvalue weighted by atomic mass is 10.2. The molecule has 0 aliphatic heterocycles. The molecule has 3 N–H and O–H groups in total. The number of nitro groups is 1. The number of hydrogen-bond acceptors (Lipinski definition) is 7. The van der Waals surface area contributed by atoms with Crippen molar-refractivity contribution in [2.45, 2.75) is 13.8 Å². The van der Waals surface area contributed by atoms with E-state index in [0.717, 1.165) is 17.3 Å². The Morgan fingerprint density at radius 1 is 1.33 bits per heavy atom. The van der Waals surface area contributed by atoms with Crippen molar-refractivity contribution in [1.29, 1.82) is 0 Å². The third-order valence-electron chi connectivity index (χ3n) is 3.48. The lowest BCUT2D eigenvalue weighted by molar-refractivity contribution is -0.386. The monoisotopic (exact) mass is 372 g/mol. The molecule has 0 aromatic heterocycles. The van der Waals surface area contributed by atoms with Crippen molar-refractivity contribution in [3.8, 4) is 11.5 Å². The van der Waals surface area contributed by atoms with Crippen molar-refractivity contribution in [2.75, 3.05) is 18.5 Å². The molecule has 27 heavy (non-hydrogen) atoms. The van der Waals surface area contributed by atoms with Gasteiger partial charge in [-0.1, -0.05) is 17.7 Å². The maximum Gasteiger partial charge on any atom is 0.315 e. The summed E-state index contributed by atoms with van der Waals surface area (Å²) in [6.45, 7) is 3.90. The van der Waals surface area contributed by atoms with Gasteiger partial charge in [0.1, 0.15) is 0 Å². The van der Waals surface area contributed by atoms with Crippen LogP contribution in [0.25, 0.3) is 0 Å². The number of amides is 1. The van der Waals surface area contributed by atoms with Crippen LogP contribution in [-0.2, 0) is 4.79 Å². The highest BCUT2D eigenvalue weighted by Gasteiger charge is 2.19. The Morgan fingerprint density at radius 2 is 2.04 bits per heavy atom. The number of hydrazone groups is 1. The second-order valence-corrected chi connectivity index (χ2v) is 5.59. The fourth-order valence-electron chi connectivity index (χ4n) is 2.17. The smallest absolute Gasteiger partial charge is 0.315 e. The van der Waals surface area contributed by atoms with Crippen LogP contribution in [0.2, 0.25) is 0 Å². The van der Waals surface area contributed by atoms with Gasteiger partial charge in [-0.25, -0.2) is 5.43 Å². The normalized spacial score (nSPS) is 10.6. The molecule has 0 heterocycles. The van der Waals surface area contributed by atoms with E-state index in [4.69, 9.17) is 4.74 Å². The van der Waals surface area contributed by atoms with Crippen molar-refractivity contribution in [3.63, 3.8) is 0 Å². The van der Waals surface area contributed by atoms with E-state index in [1.807, 2.05) is 31.2 Å². The maximum absolute atomic E-state index is 11.8. The molecule has 2 aromatic carbocycles. The number of anilines is 1. The van der Waals surface area contributed by atoms with Gasteiger partial charge in [0.25, 0.3) is 5.91 Å². The second-order valence-electron chi connectivity index (χ2n) is 5.59. The number of phenolic OH excluding ortho intramolecular Hbond substituents is 1. The summed E-state index contributed by atoms with van der Waals surface area (Å²) in [5.41, 5.74) is 4.03. The number of carbonyl (C=O) groups excluding carboxylic acids is 1. The van der Waals surface area contributed by atoms with Crippen LogP contribution in [0, 0.1) is 17.0 Å². The summed E-state index contributed by atoms with van der Waals surface area (Å²) >= 11 is 0. The van der Waals surface area contributed by atoms with E-state index in [1.165, 1.54) is 12.3 Å². The van der Waals surface area contributed by atoms with E-state index in [2.05, 4.69) is 15.8 Å². The zero-order valence-corrected chi connectivity index (χ0v) is 14.9. The van der Waals surface area contributed by atoms with Crippen molar-refractivity contribution >= 4 is 23.5 Å². The van der Waals surface area contributed by atoms with E-state index in [1.54, 1.807) is 6.92 Å². The number of hydrogen-bond donors (Lipinski definition) is 3. The molecule has 0 unspecified atom stereocenters. The van der Waals surface area contributed by atoms with Crippen LogP contribution in [0.5, 0.6) is 11.5 Å². The molecule has 9 nitrogen and oxygen atoms in total. The van der Waals surface area contributed by atoms with Crippen molar-refractivity contribution < 1.29 is 19.6 Å². The number of aromatic hydroxyl groups is 1. The summed E-state index contributed by atoms with van der Waals surface area (Å²) in [7, 11) is 0. The molecule has 0 atom stereocenters. The Kier molecular flexibility index (Phi) is 6.70.